The van der Waals surface area contributed by atoms with Gasteiger partial charge in [-0.25, -0.2) is 4.39 Å². The Morgan fingerprint density at radius 2 is 1.67 bits per heavy atom. The number of hydrogen-bond donors (Lipinski definition) is 1. The van der Waals surface area contributed by atoms with E-state index in [0.29, 0.717) is 23.2 Å². The Kier molecular flexibility index (Phi) is 7.19. The van der Waals surface area contributed by atoms with Gasteiger partial charge < -0.3 is 5.32 Å². The summed E-state index contributed by atoms with van der Waals surface area (Å²) in [6.45, 7) is 3.55. The molecular formula is C26H25FN4OS. The van der Waals surface area contributed by atoms with Crippen LogP contribution in [0.2, 0.25) is 0 Å². The monoisotopic (exact) mass is 460 g/mol. The third-order valence-corrected chi connectivity index (χ3v) is 6.20. The highest BCUT2D eigenvalue weighted by Crippen LogP contribution is 2.29. The van der Waals surface area contributed by atoms with Gasteiger partial charge in [0.1, 0.15) is 5.82 Å². The number of thioether (sulfide) groups is 1. The van der Waals surface area contributed by atoms with Crippen LogP contribution in [-0.4, -0.2) is 20.7 Å². The van der Waals surface area contributed by atoms with Crippen molar-refractivity contribution < 1.29 is 9.18 Å². The Bertz CT molecular complexity index is 1210. The van der Waals surface area contributed by atoms with Gasteiger partial charge in [-0.2, -0.15) is 0 Å². The smallest absolute Gasteiger partial charge is 0.217 e. The van der Waals surface area contributed by atoms with Crippen LogP contribution in [-0.2, 0) is 17.0 Å². The molecule has 0 aliphatic carbocycles. The first-order valence-corrected chi connectivity index (χ1v) is 11.7. The molecule has 3 aromatic carbocycles. The summed E-state index contributed by atoms with van der Waals surface area (Å²) >= 11 is 1.52. The van der Waals surface area contributed by atoms with E-state index in [0.717, 1.165) is 22.4 Å². The summed E-state index contributed by atoms with van der Waals surface area (Å²) in [7, 11) is 0. The molecule has 0 saturated heterocycles. The third kappa shape index (κ3) is 5.87. The van der Waals surface area contributed by atoms with E-state index in [4.69, 9.17) is 0 Å². The van der Waals surface area contributed by atoms with Crippen molar-refractivity contribution in [2.75, 3.05) is 0 Å². The number of carbonyl (C=O) groups is 1. The first-order chi connectivity index (χ1) is 16.0. The third-order valence-electron chi connectivity index (χ3n) is 5.20. The zero-order chi connectivity index (χ0) is 23.2. The molecule has 0 radical (unpaired) electrons. The van der Waals surface area contributed by atoms with Crippen LogP contribution in [0.15, 0.2) is 84.0 Å². The molecule has 4 aromatic rings. The fourth-order valence-corrected chi connectivity index (χ4v) is 4.48. The minimum absolute atomic E-state index is 0.130. The Labute approximate surface area is 197 Å². The van der Waals surface area contributed by atoms with Gasteiger partial charge in [0, 0.05) is 18.4 Å². The van der Waals surface area contributed by atoms with Gasteiger partial charge in [-0.1, -0.05) is 71.9 Å². The summed E-state index contributed by atoms with van der Waals surface area (Å²) in [6.07, 6.45) is 0.590. The second kappa shape index (κ2) is 10.4. The van der Waals surface area contributed by atoms with Crippen molar-refractivity contribution in [2.45, 2.75) is 37.2 Å². The first kappa shape index (κ1) is 22.7. The van der Waals surface area contributed by atoms with Crippen molar-refractivity contribution in [2.24, 2.45) is 0 Å². The molecule has 0 aliphatic rings. The molecule has 0 bridgehead atoms. The maximum absolute atomic E-state index is 13.3. The summed E-state index contributed by atoms with van der Waals surface area (Å²) < 4.78 is 15.3. The van der Waals surface area contributed by atoms with Crippen molar-refractivity contribution >= 4 is 17.7 Å². The number of aromatic nitrogens is 3. The number of carbonyl (C=O) groups excluding carboxylic acids is 1. The average molecular weight is 461 g/mol. The summed E-state index contributed by atoms with van der Waals surface area (Å²) in [5.41, 5.74) is 4.15. The van der Waals surface area contributed by atoms with Crippen LogP contribution >= 0.6 is 11.8 Å². The van der Waals surface area contributed by atoms with E-state index in [1.54, 1.807) is 12.1 Å². The van der Waals surface area contributed by atoms with E-state index in [9.17, 15) is 9.18 Å². The van der Waals surface area contributed by atoms with Gasteiger partial charge >= 0.3 is 0 Å². The molecular weight excluding hydrogens is 435 g/mol. The highest BCUT2D eigenvalue weighted by atomic mass is 32.2. The van der Waals surface area contributed by atoms with Crippen LogP contribution < -0.4 is 5.32 Å². The minimum atomic E-state index is -0.348. The number of benzene rings is 3. The number of nitrogens with zero attached hydrogens (tertiary/aromatic N) is 3. The van der Waals surface area contributed by atoms with Gasteiger partial charge in [0.25, 0.3) is 0 Å². The summed E-state index contributed by atoms with van der Waals surface area (Å²) in [4.78, 5) is 12.1. The maximum atomic E-state index is 13.3. The first-order valence-electron chi connectivity index (χ1n) is 10.7. The molecule has 1 N–H and O–H groups in total. The number of rotatable bonds is 8. The van der Waals surface area contributed by atoms with Crippen molar-refractivity contribution in [1.82, 2.24) is 20.1 Å². The molecule has 0 spiro atoms. The average Bonchev–Trinajstić information content (AvgIpc) is 3.23. The SMILES string of the molecule is CC(=O)NC(Cc1ccccc1)c1nnc(SCc2ccc(F)cc2)n1-c1ccc(C)cc1. The molecule has 5 nitrogen and oxygen atoms in total. The molecule has 1 unspecified atom stereocenters. The molecule has 1 heterocycles. The normalized spacial score (nSPS) is 11.8. The Hall–Kier alpha value is -3.45. The van der Waals surface area contributed by atoms with Crippen molar-refractivity contribution in [3.63, 3.8) is 0 Å². The molecule has 4 rings (SSSR count). The fourth-order valence-electron chi connectivity index (χ4n) is 3.57. The largest absolute Gasteiger partial charge is 0.346 e. The van der Waals surface area contributed by atoms with Crippen LogP contribution in [0, 0.1) is 12.7 Å². The lowest BCUT2D eigenvalue weighted by molar-refractivity contribution is -0.119. The lowest BCUT2D eigenvalue weighted by Gasteiger charge is -2.19. The highest BCUT2D eigenvalue weighted by molar-refractivity contribution is 7.98. The van der Waals surface area contributed by atoms with E-state index >= 15 is 0 Å². The van der Waals surface area contributed by atoms with Crippen LogP contribution in [0.4, 0.5) is 4.39 Å². The topological polar surface area (TPSA) is 59.8 Å². The van der Waals surface area contributed by atoms with Crippen molar-refractivity contribution in [3.8, 4) is 5.69 Å². The number of amides is 1. The van der Waals surface area contributed by atoms with Crippen LogP contribution in [0.3, 0.4) is 0 Å². The molecule has 1 aromatic heterocycles. The maximum Gasteiger partial charge on any atom is 0.217 e. The highest BCUT2D eigenvalue weighted by Gasteiger charge is 2.24. The van der Waals surface area contributed by atoms with Crippen LogP contribution in [0.1, 0.15) is 35.5 Å². The number of halogens is 1. The van der Waals surface area contributed by atoms with Crippen molar-refractivity contribution in [3.05, 3.63) is 107 Å². The molecule has 0 fully saturated rings. The van der Waals surface area contributed by atoms with Crippen molar-refractivity contribution in [1.29, 1.82) is 0 Å². The van der Waals surface area contributed by atoms with Gasteiger partial charge in [0.15, 0.2) is 11.0 Å². The second-order valence-electron chi connectivity index (χ2n) is 7.87. The summed E-state index contributed by atoms with van der Waals surface area (Å²) in [5, 5.41) is 12.7. The molecule has 33 heavy (non-hydrogen) atoms. The zero-order valence-corrected chi connectivity index (χ0v) is 19.3. The predicted molar refractivity (Wildman–Crippen MR) is 129 cm³/mol. The van der Waals surface area contributed by atoms with Gasteiger partial charge in [0.05, 0.1) is 6.04 Å². The number of nitrogens with one attached hydrogen (secondary N) is 1. The Morgan fingerprint density at radius 3 is 2.33 bits per heavy atom. The molecule has 0 aliphatic heterocycles. The van der Waals surface area contributed by atoms with Gasteiger partial charge in [-0.05, 0) is 48.7 Å². The lowest BCUT2D eigenvalue weighted by atomic mass is 10.0. The van der Waals surface area contributed by atoms with Crippen LogP contribution in [0.5, 0.6) is 0 Å². The number of aryl methyl sites for hydroxylation is 1. The van der Waals surface area contributed by atoms with Crippen LogP contribution in [0.25, 0.3) is 5.69 Å². The van der Waals surface area contributed by atoms with Gasteiger partial charge in [-0.3, -0.25) is 9.36 Å². The standard InChI is InChI=1S/C26H25FN4OS/c1-18-8-14-23(15-9-18)31-25(24(28-19(2)32)16-20-6-4-3-5-7-20)29-30-26(31)33-17-21-10-12-22(27)13-11-21/h3-15,24H,16-17H2,1-2H3,(H,28,32). The second-order valence-corrected chi connectivity index (χ2v) is 8.81. The van der Waals surface area contributed by atoms with E-state index in [1.807, 2.05) is 66.1 Å². The summed E-state index contributed by atoms with van der Waals surface area (Å²) in [6, 6.07) is 24.2. The summed E-state index contributed by atoms with van der Waals surface area (Å²) in [5.74, 6) is 0.899. The van der Waals surface area contributed by atoms with E-state index in [-0.39, 0.29) is 17.8 Å². The van der Waals surface area contributed by atoms with Gasteiger partial charge in [-0.15, -0.1) is 10.2 Å². The molecule has 7 heteroatoms. The Morgan fingerprint density at radius 1 is 0.970 bits per heavy atom. The Balaban J connectivity index is 1.71. The zero-order valence-electron chi connectivity index (χ0n) is 18.5. The fraction of sp³-hybridized carbons (Fsp3) is 0.192. The quantitative estimate of drug-likeness (QED) is 0.356. The minimum Gasteiger partial charge on any atom is -0.346 e. The molecule has 1 atom stereocenters. The van der Waals surface area contributed by atoms with Gasteiger partial charge in [0.2, 0.25) is 5.91 Å². The molecule has 0 saturated carbocycles. The van der Waals surface area contributed by atoms with E-state index < -0.39 is 0 Å². The molecule has 168 valence electrons. The number of hydrogen-bond acceptors (Lipinski definition) is 4. The lowest BCUT2D eigenvalue weighted by Crippen LogP contribution is -2.30. The van der Waals surface area contributed by atoms with E-state index in [2.05, 4.69) is 15.5 Å². The predicted octanol–water partition coefficient (Wildman–Crippen LogP) is 5.43. The molecule has 1 amide bonds. The van der Waals surface area contributed by atoms with E-state index in [1.165, 1.54) is 30.8 Å².